The molecular formula is C19H16F2N2O4S. The van der Waals surface area contributed by atoms with Crippen LogP contribution in [0.3, 0.4) is 0 Å². The molecule has 0 aliphatic carbocycles. The summed E-state index contributed by atoms with van der Waals surface area (Å²) in [4.78, 5) is 27.9. The number of nitrogens with zero attached hydrogens (tertiary/aromatic N) is 1. The van der Waals surface area contributed by atoms with Crippen molar-refractivity contribution in [3.8, 4) is 0 Å². The van der Waals surface area contributed by atoms with Crippen molar-refractivity contribution in [3.63, 3.8) is 0 Å². The lowest BCUT2D eigenvalue weighted by Gasteiger charge is -2.15. The monoisotopic (exact) mass is 406 g/mol. The minimum Gasteiger partial charge on any atom is -0.455 e. The minimum absolute atomic E-state index is 0.0811. The van der Waals surface area contributed by atoms with Crippen molar-refractivity contribution in [2.45, 2.75) is 18.2 Å². The number of thioether (sulfide) groups is 1. The van der Waals surface area contributed by atoms with Gasteiger partial charge >= 0.3 is 5.97 Å². The quantitative estimate of drug-likeness (QED) is 0.477. The first kappa shape index (κ1) is 19.8. The molecule has 2 aromatic carbocycles. The van der Waals surface area contributed by atoms with E-state index in [-0.39, 0.29) is 11.3 Å². The smallest absolute Gasteiger partial charge is 0.316 e. The summed E-state index contributed by atoms with van der Waals surface area (Å²) in [5.74, 6) is -2.77. The Morgan fingerprint density at radius 2 is 2.04 bits per heavy atom. The van der Waals surface area contributed by atoms with Gasteiger partial charge in [-0.2, -0.15) is 0 Å². The minimum atomic E-state index is -0.764. The van der Waals surface area contributed by atoms with E-state index in [1.807, 2.05) is 12.1 Å². The zero-order valence-corrected chi connectivity index (χ0v) is 15.6. The number of nitrogens with one attached hydrogen (secondary N) is 1. The second-order valence-corrected chi connectivity index (χ2v) is 6.78. The number of carbonyl (C=O) groups excluding carboxylic acids is 2. The summed E-state index contributed by atoms with van der Waals surface area (Å²) < 4.78 is 37.0. The Morgan fingerprint density at radius 3 is 2.79 bits per heavy atom. The summed E-state index contributed by atoms with van der Waals surface area (Å²) in [6, 6.07) is 9.57. The maximum absolute atomic E-state index is 13.7. The highest BCUT2D eigenvalue weighted by molar-refractivity contribution is 7.99. The summed E-state index contributed by atoms with van der Waals surface area (Å²) in [6.45, 7) is 1.03. The van der Waals surface area contributed by atoms with Crippen molar-refractivity contribution in [2.24, 2.45) is 0 Å². The molecule has 0 aliphatic heterocycles. The van der Waals surface area contributed by atoms with Crippen LogP contribution in [0.2, 0.25) is 0 Å². The highest BCUT2D eigenvalue weighted by Gasteiger charge is 2.16. The number of fused-ring (bicyclic) bond motifs is 1. The summed E-state index contributed by atoms with van der Waals surface area (Å²) in [5, 5.41) is 2.81. The van der Waals surface area contributed by atoms with Gasteiger partial charge < -0.3 is 14.5 Å². The van der Waals surface area contributed by atoms with Crippen molar-refractivity contribution in [2.75, 3.05) is 12.4 Å². The summed E-state index contributed by atoms with van der Waals surface area (Å²) in [5.41, 5.74) is 1.42. The molecule has 3 rings (SSSR count). The van der Waals surface area contributed by atoms with Crippen LogP contribution in [0.1, 0.15) is 18.5 Å². The van der Waals surface area contributed by atoms with Crippen LogP contribution in [-0.4, -0.2) is 29.2 Å². The fraction of sp³-hybridized carbons (Fsp3) is 0.211. The summed E-state index contributed by atoms with van der Waals surface area (Å²) >= 11 is 1.05. The van der Waals surface area contributed by atoms with Crippen molar-refractivity contribution >= 4 is 34.7 Å². The molecule has 1 atom stereocenters. The van der Waals surface area contributed by atoms with Crippen LogP contribution in [0.15, 0.2) is 52.1 Å². The van der Waals surface area contributed by atoms with Gasteiger partial charge in [0.2, 0.25) is 0 Å². The number of oxazole rings is 1. The second-order valence-electron chi connectivity index (χ2n) is 5.85. The van der Waals surface area contributed by atoms with Crippen molar-refractivity contribution in [1.82, 2.24) is 10.3 Å². The van der Waals surface area contributed by atoms with Gasteiger partial charge in [-0.3, -0.25) is 9.59 Å². The number of hydrogen-bond donors (Lipinski definition) is 1. The molecule has 0 aliphatic rings. The van der Waals surface area contributed by atoms with Crippen LogP contribution in [0.5, 0.6) is 0 Å². The van der Waals surface area contributed by atoms with E-state index in [0.29, 0.717) is 16.3 Å². The molecule has 1 aromatic heterocycles. The molecule has 6 nitrogen and oxygen atoms in total. The zero-order valence-electron chi connectivity index (χ0n) is 14.8. The van der Waals surface area contributed by atoms with E-state index in [4.69, 9.17) is 9.15 Å². The lowest BCUT2D eigenvalue weighted by atomic mass is 10.1. The number of aromatic nitrogens is 1. The number of halogens is 2. The largest absolute Gasteiger partial charge is 0.455 e. The molecule has 146 valence electrons. The number of carbonyl (C=O) groups is 2. The fourth-order valence-corrected chi connectivity index (χ4v) is 3.07. The predicted octanol–water partition coefficient (Wildman–Crippen LogP) is 3.62. The number of hydrogen-bond acceptors (Lipinski definition) is 6. The van der Waals surface area contributed by atoms with Crippen LogP contribution in [-0.2, 0) is 14.3 Å². The van der Waals surface area contributed by atoms with Gasteiger partial charge in [0.25, 0.3) is 11.1 Å². The van der Waals surface area contributed by atoms with Crippen LogP contribution in [0.25, 0.3) is 11.1 Å². The Balaban J connectivity index is 1.44. The van der Waals surface area contributed by atoms with Gasteiger partial charge in [-0.15, -0.1) is 0 Å². The predicted molar refractivity (Wildman–Crippen MR) is 98.6 cm³/mol. The first-order chi connectivity index (χ1) is 13.4. The Kier molecular flexibility index (Phi) is 6.25. The number of esters is 1. The number of benzene rings is 2. The Morgan fingerprint density at radius 1 is 1.25 bits per heavy atom. The van der Waals surface area contributed by atoms with Crippen molar-refractivity contribution < 1.29 is 27.5 Å². The lowest BCUT2D eigenvalue weighted by molar-refractivity contribution is -0.146. The Hall–Kier alpha value is -2.94. The van der Waals surface area contributed by atoms with Gasteiger partial charge in [-0.25, -0.2) is 13.8 Å². The molecule has 1 amide bonds. The van der Waals surface area contributed by atoms with Gasteiger partial charge in [0.1, 0.15) is 22.9 Å². The van der Waals surface area contributed by atoms with E-state index in [2.05, 4.69) is 10.3 Å². The van der Waals surface area contributed by atoms with Gasteiger partial charge in [-0.05, 0) is 25.1 Å². The zero-order chi connectivity index (χ0) is 20.1. The van der Waals surface area contributed by atoms with Crippen LogP contribution in [0, 0.1) is 11.6 Å². The maximum Gasteiger partial charge on any atom is 0.316 e. The van der Waals surface area contributed by atoms with E-state index >= 15 is 0 Å². The summed E-state index contributed by atoms with van der Waals surface area (Å²) in [6.07, 6.45) is 0. The molecule has 0 fully saturated rings. The molecule has 0 saturated heterocycles. The highest BCUT2D eigenvalue weighted by Crippen LogP contribution is 2.23. The SMILES string of the molecule is C[C@@H](NC(=O)COC(=O)CSc1nc2ccccc2o1)c1ccc(F)cc1F. The third-order valence-corrected chi connectivity index (χ3v) is 4.56. The van der Waals surface area contributed by atoms with Crippen LogP contribution < -0.4 is 5.32 Å². The molecule has 9 heteroatoms. The third kappa shape index (κ3) is 5.07. The van der Waals surface area contributed by atoms with E-state index in [0.717, 1.165) is 23.9 Å². The number of ether oxygens (including phenoxy) is 1. The lowest BCUT2D eigenvalue weighted by Crippen LogP contribution is -2.31. The van der Waals surface area contributed by atoms with E-state index < -0.39 is 36.2 Å². The van der Waals surface area contributed by atoms with Gasteiger partial charge in [0.15, 0.2) is 12.2 Å². The first-order valence-corrected chi connectivity index (χ1v) is 9.29. The molecular weight excluding hydrogens is 390 g/mol. The molecule has 0 saturated carbocycles. The molecule has 1 heterocycles. The molecule has 3 aromatic rings. The fourth-order valence-electron chi connectivity index (χ4n) is 2.43. The van der Waals surface area contributed by atoms with Crippen LogP contribution in [0.4, 0.5) is 8.78 Å². The second kappa shape index (κ2) is 8.83. The molecule has 0 spiro atoms. The van der Waals surface area contributed by atoms with Crippen molar-refractivity contribution in [3.05, 3.63) is 59.7 Å². The standard InChI is InChI=1S/C19H16F2N2O4S/c1-11(13-7-6-12(20)8-14(13)21)22-17(24)9-26-18(25)10-28-19-23-15-4-2-3-5-16(15)27-19/h2-8,11H,9-10H2,1H3,(H,22,24)/t11-/m1/s1. The topological polar surface area (TPSA) is 81.4 Å². The third-order valence-electron chi connectivity index (χ3n) is 3.76. The van der Waals surface area contributed by atoms with E-state index in [1.165, 1.54) is 6.07 Å². The molecule has 1 N–H and O–H groups in total. The number of para-hydroxylation sites is 2. The molecule has 0 bridgehead atoms. The van der Waals surface area contributed by atoms with E-state index in [9.17, 15) is 18.4 Å². The van der Waals surface area contributed by atoms with Gasteiger partial charge in [0, 0.05) is 11.6 Å². The van der Waals surface area contributed by atoms with Crippen LogP contribution >= 0.6 is 11.8 Å². The van der Waals surface area contributed by atoms with Gasteiger partial charge in [0.05, 0.1) is 6.04 Å². The Bertz CT molecular complexity index is 976. The molecule has 0 unspecified atom stereocenters. The number of rotatable bonds is 7. The summed E-state index contributed by atoms with van der Waals surface area (Å²) in [7, 11) is 0. The Labute approximate surface area is 163 Å². The first-order valence-electron chi connectivity index (χ1n) is 8.30. The average Bonchev–Trinajstić information content (AvgIpc) is 3.07. The normalized spacial score (nSPS) is 12.0. The number of amides is 1. The maximum atomic E-state index is 13.7. The average molecular weight is 406 g/mol. The highest BCUT2D eigenvalue weighted by atomic mass is 32.2. The van der Waals surface area contributed by atoms with E-state index in [1.54, 1.807) is 19.1 Å². The molecule has 0 radical (unpaired) electrons. The van der Waals surface area contributed by atoms with Gasteiger partial charge in [-0.1, -0.05) is 30.0 Å². The molecule has 28 heavy (non-hydrogen) atoms. The van der Waals surface area contributed by atoms with Crippen molar-refractivity contribution in [1.29, 1.82) is 0 Å².